The van der Waals surface area contributed by atoms with Gasteiger partial charge in [0.1, 0.15) is 0 Å². The molecule has 0 spiro atoms. The van der Waals surface area contributed by atoms with Crippen LogP contribution in [0.5, 0.6) is 0 Å². The third-order valence-electron chi connectivity index (χ3n) is 1.17. The molecule has 0 saturated carbocycles. The van der Waals surface area contributed by atoms with Crippen LogP contribution >= 0.6 is 23.5 Å². The van der Waals surface area contributed by atoms with Gasteiger partial charge in [-0.2, -0.15) is 0 Å². The second-order valence-electron chi connectivity index (χ2n) is 2.19. The molecule has 2 unspecified atom stereocenters. The molecule has 0 aliphatic heterocycles. The van der Waals surface area contributed by atoms with E-state index in [0.717, 1.165) is 0 Å². The molecule has 0 saturated heterocycles. The van der Waals surface area contributed by atoms with E-state index in [2.05, 4.69) is 25.0 Å². The summed E-state index contributed by atoms with van der Waals surface area (Å²) in [6.07, 6.45) is -0.681. The summed E-state index contributed by atoms with van der Waals surface area (Å²) in [6, 6.07) is 0. The summed E-state index contributed by atoms with van der Waals surface area (Å²) in [7, 11) is -1.92. The van der Waals surface area contributed by atoms with Crippen molar-refractivity contribution in [2.45, 2.75) is 19.7 Å². The Labute approximate surface area is 80.3 Å². The van der Waals surface area contributed by atoms with Crippen LogP contribution in [0.25, 0.3) is 0 Å². The van der Waals surface area contributed by atoms with Gasteiger partial charge in [-0.15, -0.1) is 0 Å². The van der Waals surface area contributed by atoms with Gasteiger partial charge in [-0.1, -0.05) is 22.9 Å². The van der Waals surface area contributed by atoms with Crippen LogP contribution in [0, 0.1) is 0 Å². The Morgan fingerprint density at radius 2 is 2.25 bits per heavy atom. The molecule has 2 atom stereocenters. The molecule has 0 rings (SSSR count). The van der Waals surface area contributed by atoms with Crippen molar-refractivity contribution in [2.75, 3.05) is 18.6 Å². The van der Waals surface area contributed by atoms with E-state index >= 15 is 0 Å². The van der Waals surface area contributed by atoms with Crippen molar-refractivity contribution in [1.29, 1.82) is 0 Å². The number of rotatable bonds is 6. The van der Waals surface area contributed by atoms with Crippen molar-refractivity contribution < 1.29 is 18.0 Å². The molecule has 0 aliphatic carbocycles. The second kappa shape index (κ2) is 6.08. The van der Waals surface area contributed by atoms with Crippen LogP contribution in [0.15, 0.2) is 0 Å². The summed E-state index contributed by atoms with van der Waals surface area (Å²) in [6.45, 7) is 1.83. The Kier molecular flexibility index (Phi) is 6.36. The predicted molar refractivity (Wildman–Crippen MR) is 49.5 cm³/mol. The molecule has 0 radical (unpaired) electrons. The monoisotopic (exact) mass is 262 g/mol. The number of hydrogen-bond acceptors (Lipinski definition) is 3. The van der Waals surface area contributed by atoms with Gasteiger partial charge in [0.2, 0.25) is 6.36 Å². The first-order valence-corrected chi connectivity index (χ1v) is 6.46. The number of halogens is 2. The summed E-state index contributed by atoms with van der Waals surface area (Å²) in [5.74, 6) is 0. The van der Waals surface area contributed by atoms with Gasteiger partial charge in [0.15, 0.2) is 0 Å². The quantitative estimate of drug-likeness (QED) is 0.546. The third-order valence-corrected chi connectivity index (χ3v) is 3.78. The lowest BCUT2D eigenvalue weighted by atomic mass is 10.6. The number of hydrogen-bond donors (Lipinski definition) is 0. The maximum atomic E-state index is 12.6. The molecule has 0 aromatic heterocycles. The van der Waals surface area contributed by atoms with Gasteiger partial charge in [-0.25, -0.2) is 4.39 Å². The highest BCUT2D eigenvalue weighted by Gasteiger charge is 2.25. The minimum absolute atomic E-state index is 0.00403. The van der Waals surface area contributed by atoms with E-state index in [1.54, 1.807) is 0 Å². The standard InChI is InChI=1S/C6H13BrFO3P/c1-3-4-12(9,10-2)11-6(8)5-7/h6H,3-5H2,1-2H3. The fraction of sp³-hybridized carbons (Fsp3) is 1.00. The first-order valence-electron chi connectivity index (χ1n) is 3.61. The van der Waals surface area contributed by atoms with E-state index in [9.17, 15) is 8.96 Å². The van der Waals surface area contributed by atoms with Gasteiger partial charge >= 0.3 is 7.60 Å². The molecule has 0 aliphatic rings. The molecule has 0 aromatic rings. The van der Waals surface area contributed by atoms with E-state index < -0.39 is 14.0 Å². The average molecular weight is 263 g/mol. The lowest BCUT2D eigenvalue weighted by Gasteiger charge is -2.16. The Hall–Kier alpha value is 0.560. The van der Waals surface area contributed by atoms with Crippen LogP contribution < -0.4 is 0 Å². The zero-order valence-electron chi connectivity index (χ0n) is 7.13. The lowest BCUT2D eigenvalue weighted by Crippen LogP contribution is -2.08. The lowest BCUT2D eigenvalue weighted by molar-refractivity contribution is 0.0725. The van der Waals surface area contributed by atoms with E-state index in [0.29, 0.717) is 6.42 Å². The Balaban J connectivity index is 4.04. The fourth-order valence-electron chi connectivity index (χ4n) is 0.663. The Morgan fingerprint density at radius 3 is 2.58 bits per heavy atom. The largest absolute Gasteiger partial charge is 0.332 e. The SMILES string of the molecule is CCCP(=O)(OC)OC(F)CBr. The molecular formula is C6H13BrFO3P. The summed E-state index contributed by atoms with van der Waals surface area (Å²) in [5, 5.41) is 0.00403. The van der Waals surface area contributed by atoms with Gasteiger partial charge < -0.3 is 4.52 Å². The van der Waals surface area contributed by atoms with E-state index in [1.165, 1.54) is 7.11 Å². The van der Waals surface area contributed by atoms with Gasteiger partial charge in [0.05, 0.1) is 5.33 Å². The summed E-state index contributed by atoms with van der Waals surface area (Å²) < 4.78 is 33.3. The van der Waals surface area contributed by atoms with Crippen molar-refractivity contribution in [1.82, 2.24) is 0 Å². The molecule has 74 valence electrons. The first kappa shape index (κ1) is 12.6. The van der Waals surface area contributed by atoms with Crippen LogP contribution in [0.1, 0.15) is 13.3 Å². The van der Waals surface area contributed by atoms with Crippen molar-refractivity contribution in [3.8, 4) is 0 Å². The van der Waals surface area contributed by atoms with Gasteiger partial charge in [-0.05, 0) is 6.42 Å². The molecule has 0 N–H and O–H groups in total. The molecule has 0 amide bonds. The molecule has 0 fully saturated rings. The third kappa shape index (κ3) is 4.55. The molecule has 12 heavy (non-hydrogen) atoms. The summed E-state index contributed by atoms with van der Waals surface area (Å²) >= 11 is 2.87. The fourth-order valence-corrected chi connectivity index (χ4v) is 2.34. The van der Waals surface area contributed by atoms with Gasteiger partial charge in [-0.3, -0.25) is 9.09 Å². The molecule has 6 heteroatoms. The highest BCUT2D eigenvalue weighted by atomic mass is 79.9. The van der Waals surface area contributed by atoms with Crippen molar-refractivity contribution in [2.24, 2.45) is 0 Å². The van der Waals surface area contributed by atoms with Crippen molar-refractivity contribution >= 4 is 23.5 Å². The molecule has 0 aromatic carbocycles. The highest BCUT2D eigenvalue weighted by molar-refractivity contribution is 9.09. The van der Waals surface area contributed by atoms with Crippen molar-refractivity contribution in [3.05, 3.63) is 0 Å². The Bertz CT molecular complexity index is 167. The Morgan fingerprint density at radius 1 is 1.67 bits per heavy atom. The van der Waals surface area contributed by atoms with E-state index in [1.807, 2.05) is 6.92 Å². The van der Waals surface area contributed by atoms with Crippen LogP contribution in [0.4, 0.5) is 4.39 Å². The topological polar surface area (TPSA) is 35.5 Å². The minimum Gasteiger partial charge on any atom is -0.312 e. The first-order chi connectivity index (χ1) is 5.58. The highest BCUT2D eigenvalue weighted by Crippen LogP contribution is 2.49. The zero-order chi connectivity index (χ0) is 9.61. The van der Waals surface area contributed by atoms with E-state index in [4.69, 9.17) is 0 Å². The predicted octanol–water partition coefficient (Wildman–Crippen LogP) is 2.94. The summed E-state index contributed by atoms with van der Waals surface area (Å²) in [4.78, 5) is 0. The van der Waals surface area contributed by atoms with Gasteiger partial charge in [0.25, 0.3) is 0 Å². The number of alkyl halides is 2. The second-order valence-corrected chi connectivity index (χ2v) is 5.08. The minimum atomic E-state index is -3.18. The molecule has 3 nitrogen and oxygen atoms in total. The van der Waals surface area contributed by atoms with Gasteiger partial charge in [0, 0.05) is 13.3 Å². The normalized spacial score (nSPS) is 18.7. The summed E-state index contributed by atoms with van der Waals surface area (Å²) in [5.41, 5.74) is 0. The zero-order valence-corrected chi connectivity index (χ0v) is 9.61. The maximum Gasteiger partial charge on any atom is 0.332 e. The van der Waals surface area contributed by atoms with Crippen LogP contribution in [0.3, 0.4) is 0 Å². The smallest absolute Gasteiger partial charge is 0.312 e. The van der Waals surface area contributed by atoms with Crippen molar-refractivity contribution in [3.63, 3.8) is 0 Å². The molecular weight excluding hydrogens is 250 g/mol. The molecule has 0 heterocycles. The molecule has 0 bridgehead atoms. The maximum absolute atomic E-state index is 12.6. The average Bonchev–Trinajstić information content (AvgIpc) is 2.05. The van der Waals surface area contributed by atoms with E-state index in [-0.39, 0.29) is 11.5 Å². The van der Waals surface area contributed by atoms with Crippen LogP contribution in [-0.2, 0) is 13.6 Å². The van der Waals surface area contributed by atoms with Crippen LogP contribution in [-0.4, -0.2) is 25.0 Å². The van der Waals surface area contributed by atoms with Crippen LogP contribution in [0.2, 0.25) is 0 Å².